The fourth-order valence-corrected chi connectivity index (χ4v) is 1.19. The van der Waals surface area contributed by atoms with Crippen molar-refractivity contribution in [1.82, 2.24) is 10.2 Å². The zero-order valence-corrected chi connectivity index (χ0v) is 8.61. The molecule has 0 aliphatic carbocycles. The van der Waals surface area contributed by atoms with Crippen LogP contribution in [0.25, 0.3) is 11.5 Å². The van der Waals surface area contributed by atoms with Crippen molar-refractivity contribution in [1.29, 1.82) is 0 Å². The highest BCUT2D eigenvalue weighted by Crippen LogP contribution is 2.17. The number of aromatic nitrogens is 2. The highest BCUT2D eigenvalue weighted by molar-refractivity contribution is 5.53. The van der Waals surface area contributed by atoms with Crippen molar-refractivity contribution in [2.45, 2.75) is 13.8 Å². The Morgan fingerprint density at radius 2 is 1.87 bits per heavy atom. The molecule has 1 aromatic carbocycles. The Labute approximate surface area is 88.1 Å². The van der Waals surface area contributed by atoms with E-state index in [4.69, 9.17) is 4.42 Å². The lowest BCUT2D eigenvalue weighted by molar-refractivity contribution is 0.554. The van der Waals surface area contributed by atoms with Crippen molar-refractivity contribution < 1.29 is 4.42 Å². The molecule has 0 fully saturated rings. The van der Waals surface area contributed by atoms with Gasteiger partial charge in [0.15, 0.2) is 0 Å². The van der Waals surface area contributed by atoms with Gasteiger partial charge in [-0.15, -0.1) is 5.10 Å². The Morgan fingerprint density at radius 3 is 2.53 bits per heavy atom. The largest absolute Gasteiger partial charge is 0.410 e. The minimum atomic E-state index is 0.355. The lowest BCUT2D eigenvalue weighted by atomic mass is 10.1. The summed E-state index contributed by atoms with van der Waals surface area (Å²) >= 11 is 0. The Balaban J connectivity index is 2.35. The monoisotopic (exact) mass is 198 g/mol. The van der Waals surface area contributed by atoms with E-state index in [1.54, 1.807) is 6.92 Å². The van der Waals surface area contributed by atoms with Crippen LogP contribution in [0.5, 0.6) is 0 Å². The molecule has 2 aromatic rings. The summed E-state index contributed by atoms with van der Waals surface area (Å²) in [4.78, 5) is 0. The number of nitrogens with zero attached hydrogens (tertiary/aromatic N) is 2. The van der Waals surface area contributed by atoms with Crippen LogP contribution in [0.4, 0.5) is 0 Å². The van der Waals surface area contributed by atoms with E-state index in [-0.39, 0.29) is 0 Å². The topological polar surface area (TPSA) is 38.9 Å². The number of hydrogen-bond acceptors (Lipinski definition) is 3. The second-order valence-electron chi connectivity index (χ2n) is 3.15. The number of rotatable bonds is 1. The van der Waals surface area contributed by atoms with Crippen molar-refractivity contribution in [2.24, 2.45) is 0 Å². The predicted molar refractivity (Wildman–Crippen MR) is 57.0 cm³/mol. The summed E-state index contributed by atoms with van der Waals surface area (Å²) in [6.07, 6.45) is 0. The molecule has 0 aliphatic rings. The molecule has 1 heterocycles. The first-order valence-corrected chi connectivity index (χ1v) is 4.63. The van der Waals surface area contributed by atoms with Crippen molar-refractivity contribution in [3.05, 3.63) is 35.7 Å². The van der Waals surface area contributed by atoms with E-state index < -0.39 is 0 Å². The number of hydrogen-bond donors (Lipinski definition) is 0. The maximum absolute atomic E-state index is 5.35. The molecule has 3 nitrogen and oxygen atoms in total. The molecule has 0 N–H and O–H groups in total. The average Bonchev–Trinajstić information content (AvgIpc) is 2.68. The van der Waals surface area contributed by atoms with E-state index in [0.717, 1.165) is 5.56 Å². The fraction of sp³-hybridized carbons (Fsp3) is 0.167. The first kappa shape index (κ1) is 9.47. The van der Waals surface area contributed by atoms with Gasteiger partial charge in [0, 0.05) is 5.56 Å². The van der Waals surface area contributed by atoms with E-state index in [2.05, 4.69) is 22.0 Å². The van der Waals surface area contributed by atoms with Crippen molar-refractivity contribution in [3.63, 3.8) is 0 Å². The average molecular weight is 198 g/mol. The molecule has 0 radical (unpaired) electrons. The van der Waals surface area contributed by atoms with Gasteiger partial charge in [0.25, 0.3) is 5.89 Å². The molecular weight excluding hydrogens is 188 g/mol. The van der Waals surface area contributed by atoms with Crippen molar-refractivity contribution in [3.8, 4) is 23.3 Å². The summed E-state index contributed by atoms with van der Waals surface area (Å²) in [5.74, 6) is 6.29. The zero-order valence-electron chi connectivity index (χ0n) is 8.61. The first-order valence-electron chi connectivity index (χ1n) is 4.63. The molecule has 0 amide bonds. The van der Waals surface area contributed by atoms with E-state index in [0.29, 0.717) is 11.8 Å². The maximum Gasteiger partial charge on any atom is 0.294 e. The molecule has 1 aromatic heterocycles. The highest BCUT2D eigenvalue weighted by atomic mass is 16.4. The van der Waals surface area contributed by atoms with Gasteiger partial charge in [-0.2, -0.15) is 0 Å². The summed E-state index contributed by atoms with van der Waals surface area (Å²) < 4.78 is 5.35. The van der Waals surface area contributed by atoms with Gasteiger partial charge in [-0.3, -0.25) is 0 Å². The molecular formula is C12H10N2O. The van der Waals surface area contributed by atoms with Crippen LogP contribution in [0.15, 0.2) is 28.7 Å². The summed E-state index contributed by atoms with van der Waals surface area (Å²) in [5.41, 5.74) is 2.11. The Kier molecular flexibility index (Phi) is 2.51. The molecule has 0 aliphatic heterocycles. The summed E-state index contributed by atoms with van der Waals surface area (Å²) in [6.45, 7) is 3.77. The van der Waals surface area contributed by atoms with Gasteiger partial charge in [0.1, 0.15) is 0 Å². The first-order chi connectivity index (χ1) is 7.29. The Morgan fingerprint density at radius 1 is 1.13 bits per heavy atom. The van der Waals surface area contributed by atoms with Crippen LogP contribution < -0.4 is 0 Å². The molecule has 2 rings (SSSR count). The van der Waals surface area contributed by atoms with Crippen molar-refractivity contribution >= 4 is 0 Å². The van der Waals surface area contributed by atoms with Gasteiger partial charge in [-0.1, -0.05) is 28.7 Å². The lowest BCUT2D eigenvalue weighted by Crippen LogP contribution is -1.77. The Bertz CT molecular complexity index is 515. The molecule has 0 bridgehead atoms. The van der Waals surface area contributed by atoms with Gasteiger partial charge in [0.05, 0.1) is 0 Å². The Hall–Kier alpha value is -2.08. The van der Waals surface area contributed by atoms with E-state index in [1.165, 1.54) is 5.56 Å². The van der Waals surface area contributed by atoms with Gasteiger partial charge in [-0.25, -0.2) is 0 Å². The van der Waals surface area contributed by atoms with Crippen LogP contribution >= 0.6 is 0 Å². The molecule has 15 heavy (non-hydrogen) atoms. The van der Waals surface area contributed by atoms with Crippen LogP contribution in [-0.2, 0) is 0 Å². The fourth-order valence-electron chi connectivity index (χ4n) is 1.19. The molecule has 0 unspecified atom stereocenters. The third-order valence-corrected chi connectivity index (χ3v) is 1.96. The van der Waals surface area contributed by atoms with Gasteiger partial charge in [0.2, 0.25) is 5.89 Å². The minimum absolute atomic E-state index is 0.355. The minimum Gasteiger partial charge on any atom is -0.410 e. The van der Waals surface area contributed by atoms with Crippen LogP contribution in [0.3, 0.4) is 0 Å². The van der Waals surface area contributed by atoms with E-state index in [9.17, 15) is 0 Å². The number of benzene rings is 1. The highest BCUT2D eigenvalue weighted by Gasteiger charge is 2.05. The summed E-state index contributed by atoms with van der Waals surface area (Å²) in [5, 5.41) is 7.73. The van der Waals surface area contributed by atoms with E-state index in [1.807, 2.05) is 31.2 Å². The normalized spacial score (nSPS) is 9.47. The SMILES string of the molecule is CC#Cc1nnc(-c2ccc(C)cc2)o1. The third-order valence-electron chi connectivity index (χ3n) is 1.96. The molecule has 0 spiro atoms. The second kappa shape index (κ2) is 3.97. The van der Waals surface area contributed by atoms with Crippen molar-refractivity contribution in [2.75, 3.05) is 0 Å². The number of aryl methyl sites for hydroxylation is 1. The maximum atomic E-state index is 5.35. The third kappa shape index (κ3) is 2.05. The van der Waals surface area contributed by atoms with Gasteiger partial charge >= 0.3 is 0 Å². The quantitative estimate of drug-likeness (QED) is 0.660. The lowest BCUT2D eigenvalue weighted by Gasteiger charge is -1.94. The molecule has 0 saturated heterocycles. The molecule has 74 valence electrons. The molecule has 0 atom stereocenters. The van der Waals surface area contributed by atoms with Gasteiger partial charge < -0.3 is 4.42 Å². The van der Waals surface area contributed by atoms with Crippen LogP contribution in [0.2, 0.25) is 0 Å². The zero-order chi connectivity index (χ0) is 10.7. The molecule has 0 saturated carbocycles. The smallest absolute Gasteiger partial charge is 0.294 e. The molecule has 3 heteroatoms. The van der Waals surface area contributed by atoms with Crippen LogP contribution in [0.1, 0.15) is 18.4 Å². The summed E-state index contributed by atoms with van der Waals surface area (Å²) in [6, 6.07) is 7.91. The second-order valence-corrected chi connectivity index (χ2v) is 3.15. The standard InChI is InChI=1S/C12H10N2O/c1-3-4-11-13-14-12(15-11)10-7-5-9(2)6-8-10/h5-8H,1-2H3. The van der Waals surface area contributed by atoms with Gasteiger partial charge in [-0.05, 0) is 31.9 Å². The predicted octanol–water partition coefficient (Wildman–Crippen LogP) is 2.42. The van der Waals surface area contributed by atoms with Crippen LogP contribution in [0, 0.1) is 18.8 Å². The van der Waals surface area contributed by atoms with E-state index >= 15 is 0 Å². The van der Waals surface area contributed by atoms with Crippen LogP contribution in [-0.4, -0.2) is 10.2 Å². The summed E-state index contributed by atoms with van der Waals surface area (Å²) in [7, 11) is 0.